The minimum absolute atomic E-state index is 0.130. The lowest BCUT2D eigenvalue weighted by Gasteiger charge is -2.17. The third-order valence-electron chi connectivity index (χ3n) is 3.46. The zero-order valence-corrected chi connectivity index (χ0v) is 7.58. The van der Waals surface area contributed by atoms with Gasteiger partial charge in [-0.05, 0) is 44.4 Å². The molecule has 0 aliphatic heterocycles. The molecule has 0 atom stereocenters. The fourth-order valence-corrected chi connectivity index (χ4v) is 1.93. The molecule has 1 N–H and O–H groups in total. The molecule has 0 heterocycles. The van der Waals surface area contributed by atoms with Crippen molar-refractivity contribution >= 4 is 5.97 Å². The maximum atomic E-state index is 11.4. The van der Waals surface area contributed by atoms with Gasteiger partial charge in [-0.15, -0.1) is 0 Å². The molecule has 0 radical (unpaired) electrons. The fraction of sp³-hybridized carbons (Fsp3) is 0.900. The highest BCUT2D eigenvalue weighted by molar-refractivity contribution is 5.83. The van der Waals surface area contributed by atoms with Gasteiger partial charge in [0, 0.05) is 0 Å². The van der Waals surface area contributed by atoms with Crippen LogP contribution >= 0.6 is 0 Å². The summed E-state index contributed by atoms with van der Waals surface area (Å²) in [6.45, 7) is 0. The summed E-state index contributed by atoms with van der Waals surface area (Å²) in [5.74, 6) is 0.246. The maximum absolute atomic E-state index is 11.4. The topological polar surface area (TPSA) is 46.5 Å². The van der Waals surface area contributed by atoms with Gasteiger partial charge in [-0.2, -0.15) is 0 Å². The van der Waals surface area contributed by atoms with E-state index in [9.17, 15) is 9.90 Å². The van der Waals surface area contributed by atoms with Crippen molar-refractivity contribution in [1.29, 1.82) is 0 Å². The Balaban J connectivity index is 1.65. The standard InChI is InChI=1S/C10H14O3/c11-8(9(12)3-4-9)13-10(5-6-10)7-1-2-7/h7,12H,1-6H2. The summed E-state index contributed by atoms with van der Waals surface area (Å²) >= 11 is 0. The Morgan fingerprint density at radius 2 is 1.85 bits per heavy atom. The average molecular weight is 182 g/mol. The zero-order valence-electron chi connectivity index (χ0n) is 7.58. The van der Waals surface area contributed by atoms with E-state index in [1.54, 1.807) is 0 Å². The van der Waals surface area contributed by atoms with Crippen LogP contribution < -0.4 is 0 Å². The van der Waals surface area contributed by atoms with Crippen LogP contribution in [0.2, 0.25) is 0 Å². The summed E-state index contributed by atoms with van der Waals surface area (Å²) in [5, 5.41) is 9.52. The van der Waals surface area contributed by atoms with E-state index < -0.39 is 5.60 Å². The lowest BCUT2D eigenvalue weighted by molar-refractivity contribution is -0.165. The first kappa shape index (κ1) is 7.80. The van der Waals surface area contributed by atoms with Gasteiger partial charge in [0.2, 0.25) is 0 Å². The Kier molecular flexibility index (Phi) is 1.25. The molecular formula is C10H14O3. The van der Waals surface area contributed by atoms with Gasteiger partial charge < -0.3 is 9.84 Å². The monoisotopic (exact) mass is 182 g/mol. The number of aliphatic hydroxyl groups is 1. The number of esters is 1. The van der Waals surface area contributed by atoms with Gasteiger partial charge in [0.05, 0.1) is 0 Å². The molecule has 3 fully saturated rings. The Morgan fingerprint density at radius 1 is 1.23 bits per heavy atom. The number of carbonyl (C=O) groups excluding carboxylic acids is 1. The predicted molar refractivity (Wildman–Crippen MR) is 45.0 cm³/mol. The normalized spacial score (nSPS) is 32.4. The van der Waals surface area contributed by atoms with E-state index in [0.29, 0.717) is 18.8 Å². The predicted octanol–water partition coefficient (Wildman–Crippen LogP) is 0.997. The smallest absolute Gasteiger partial charge is 0.338 e. The highest BCUT2D eigenvalue weighted by Crippen LogP contribution is 2.57. The van der Waals surface area contributed by atoms with Gasteiger partial charge in [0.1, 0.15) is 5.60 Å². The molecule has 3 saturated carbocycles. The molecule has 3 rings (SSSR count). The van der Waals surface area contributed by atoms with Crippen LogP contribution in [0, 0.1) is 5.92 Å². The molecule has 0 unspecified atom stereocenters. The van der Waals surface area contributed by atoms with Crippen molar-refractivity contribution in [2.75, 3.05) is 0 Å². The molecular weight excluding hydrogens is 168 g/mol. The van der Waals surface area contributed by atoms with E-state index in [1.165, 1.54) is 12.8 Å². The molecule has 3 aliphatic rings. The lowest BCUT2D eigenvalue weighted by atomic mass is 10.2. The van der Waals surface area contributed by atoms with Crippen molar-refractivity contribution in [3.05, 3.63) is 0 Å². The first-order chi connectivity index (χ1) is 6.15. The molecule has 0 aromatic carbocycles. The van der Waals surface area contributed by atoms with Crippen LogP contribution in [0.4, 0.5) is 0 Å². The number of hydrogen-bond acceptors (Lipinski definition) is 3. The molecule has 0 amide bonds. The Morgan fingerprint density at radius 3 is 2.23 bits per heavy atom. The zero-order chi connectivity index (χ0) is 9.10. The van der Waals surface area contributed by atoms with Crippen molar-refractivity contribution in [2.45, 2.75) is 49.7 Å². The highest BCUT2D eigenvalue weighted by Gasteiger charge is 2.60. The summed E-state index contributed by atoms with van der Waals surface area (Å²) in [7, 11) is 0. The van der Waals surface area contributed by atoms with E-state index in [1.807, 2.05) is 0 Å². The minimum Gasteiger partial charge on any atom is -0.457 e. The van der Waals surface area contributed by atoms with Crippen LogP contribution in [0.25, 0.3) is 0 Å². The third kappa shape index (κ3) is 1.17. The molecule has 0 spiro atoms. The van der Waals surface area contributed by atoms with Crippen molar-refractivity contribution in [3.63, 3.8) is 0 Å². The average Bonchev–Trinajstić information content (AvgIpc) is 2.93. The van der Waals surface area contributed by atoms with E-state index in [-0.39, 0.29) is 11.6 Å². The Labute approximate surface area is 77.1 Å². The number of rotatable bonds is 3. The minimum atomic E-state index is -1.09. The first-order valence-corrected chi connectivity index (χ1v) is 5.11. The van der Waals surface area contributed by atoms with Gasteiger partial charge in [0.25, 0.3) is 0 Å². The van der Waals surface area contributed by atoms with E-state index >= 15 is 0 Å². The second kappa shape index (κ2) is 2.08. The van der Waals surface area contributed by atoms with E-state index in [2.05, 4.69) is 0 Å². The number of hydrogen-bond donors (Lipinski definition) is 1. The van der Waals surface area contributed by atoms with E-state index in [4.69, 9.17) is 4.74 Å². The van der Waals surface area contributed by atoms with Crippen LogP contribution in [0.5, 0.6) is 0 Å². The number of ether oxygens (including phenoxy) is 1. The second-order valence-electron chi connectivity index (χ2n) is 4.76. The summed E-state index contributed by atoms with van der Waals surface area (Å²) < 4.78 is 5.41. The first-order valence-electron chi connectivity index (χ1n) is 5.11. The van der Waals surface area contributed by atoms with Gasteiger partial charge in [-0.25, -0.2) is 4.79 Å². The van der Waals surface area contributed by atoms with Crippen molar-refractivity contribution in [3.8, 4) is 0 Å². The van der Waals surface area contributed by atoms with Gasteiger partial charge in [-0.1, -0.05) is 0 Å². The molecule has 0 bridgehead atoms. The van der Waals surface area contributed by atoms with Crippen LogP contribution in [-0.4, -0.2) is 22.3 Å². The summed E-state index contributed by atoms with van der Waals surface area (Å²) in [4.78, 5) is 11.4. The summed E-state index contributed by atoms with van der Waals surface area (Å²) in [6, 6.07) is 0. The molecule has 13 heavy (non-hydrogen) atoms. The SMILES string of the molecule is O=C(OC1(C2CC2)CC1)C1(O)CC1. The second-order valence-corrected chi connectivity index (χ2v) is 4.76. The Hall–Kier alpha value is -0.570. The number of carbonyl (C=O) groups is 1. The molecule has 3 nitrogen and oxygen atoms in total. The largest absolute Gasteiger partial charge is 0.457 e. The molecule has 0 aromatic heterocycles. The van der Waals surface area contributed by atoms with Crippen LogP contribution in [0.3, 0.4) is 0 Å². The fourth-order valence-electron chi connectivity index (χ4n) is 1.93. The van der Waals surface area contributed by atoms with Gasteiger partial charge in [-0.3, -0.25) is 0 Å². The highest BCUT2D eigenvalue weighted by atomic mass is 16.6. The maximum Gasteiger partial charge on any atom is 0.338 e. The lowest BCUT2D eigenvalue weighted by Crippen LogP contribution is -2.31. The van der Waals surface area contributed by atoms with Crippen LogP contribution in [0.15, 0.2) is 0 Å². The van der Waals surface area contributed by atoms with Crippen molar-refractivity contribution in [2.24, 2.45) is 5.92 Å². The van der Waals surface area contributed by atoms with Crippen LogP contribution in [-0.2, 0) is 9.53 Å². The Bertz CT molecular complexity index is 259. The molecule has 0 saturated heterocycles. The van der Waals surface area contributed by atoms with E-state index in [0.717, 1.165) is 12.8 Å². The molecule has 72 valence electrons. The van der Waals surface area contributed by atoms with Crippen LogP contribution in [0.1, 0.15) is 38.5 Å². The van der Waals surface area contributed by atoms with Crippen molar-refractivity contribution in [1.82, 2.24) is 0 Å². The van der Waals surface area contributed by atoms with Crippen molar-refractivity contribution < 1.29 is 14.6 Å². The molecule has 0 aromatic rings. The summed E-state index contributed by atoms with van der Waals surface area (Å²) in [5.41, 5.74) is -1.22. The van der Waals surface area contributed by atoms with Gasteiger partial charge in [0.15, 0.2) is 5.60 Å². The quantitative estimate of drug-likeness (QED) is 0.662. The molecule has 3 heteroatoms. The molecule has 3 aliphatic carbocycles. The summed E-state index contributed by atoms with van der Waals surface area (Å²) in [6.07, 6.45) is 5.61. The third-order valence-corrected chi connectivity index (χ3v) is 3.46. The van der Waals surface area contributed by atoms with Gasteiger partial charge >= 0.3 is 5.97 Å².